The first kappa shape index (κ1) is 12.4. The molecule has 1 saturated heterocycles. The summed E-state index contributed by atoms with van der Waals surface area (Å²) in [6, 6.07) is 0. The molecule has 1 aliphatic carbocycles. The van der Waals surface area contributed by atoms with Gasteiger partial charge >= 0.3 is 0 Å². The Hall–Kier alpha value is -0.0800. The van der Waals surface area contributed by atoms with E-state index < -0.39 is 0 Å². The summed E-state index contributed by atoms with van der Waals surface area (Å²) >= 11 is 0. The molecule has 0 radical (unpaired) electrons. The molecule has 0 aromatic heterocycles. The Morgan fingerprint density at radius 2 is 1.62 bits per heavy atom. The van der Waals surface area contributed by atoms with Crippen LogP contribution in [0.15, 0.2) is 0 Å². The third-order valence-electron chi connectivity index (χ3n) is 4.26. The molecule has 2 heteroatoms. The number of hydrogen-bond donors (Lipinski definition) is 1. The van der Waals surface area contributed by atoms with Crippen LogP contribution in [0, 0.1) is 5.92 Å². The Balaban J connectivity index is 1.42. The van der Waals surface area contributed by atoms with E-state index in [1.807, 2.05) is 0 Å². The lowest BCUT2D eigenvalue weighted by Gasteiger charge is -2.21. The highest BCUT2D eigenvalue weighted by molar-refractivity contribution is 4.69. The van der Waals surface area contributed by atoms with E-state index in [2.05, 4.69) is 10.2 Å². The van der Waals surface area contributed by atoms with Crippen molar-refractivity contribution in [3.8, 4) is 0 Å². The number of likely N-dealkylation sites (tertiary alicyclic amines) is 1. The standard InChI is InChI=1S/C14H28N2/c1-2-6-14(7-3-1)8-9-15-10-13-16-11-4-5-12-16/h14-15H,1-13H2. The molecule has 0 unspecified atom stereocenters. The normalized spacial score (nSPS) is 24.0. The summed E-state index contributed by atoms with van der Waals surface area (Å²) in [7, 11) is 0. The lowest BCUT2D eigenvalue weighted by molar-refractivity contribution is 0.316. The van der Waals surface area contributed by atoms with Crippen LogP contribution in [0.2, 0.25) is 0 Å². The van der Waals surface area contributed by atoms with Crippen LogP contribution in [0.5, 0.6) is 0 Å². The van der Waals surface area contributed by atoms with Gasteiger partial charge in [0, 0.05) is 13.1 Å². The molecule has 0 amide bonds. The summed E-state index contributed by atoms with van der Waals surface area (Å²) in [6.07, 6.45) is 11.7. The fourth-order valence-electron chi connectivity index (χ4n) is 3.15. The first-order chi connectivity index (χ1) is 7.95. The fraction of sp³-hybridized carbons (Fsp3) is 1.00. The number of nitrogens with one attached hydrogen (secondary N) is 1. The molecule has 94 valence electrons. The van der Waals surface area contributed by atoms with Gasteiger partial charge in [0.15, 0.2) is 0 Å². The Morgan fingerprint density at radius 3 is 2.38 bits per heavy atom. The van der Waals surface area contributed by atoms with Crippen molar-refractivity contribution in [1.29, 1.82) is 0 Å². The zero-order valence-electron chi connectivity index (χ0n) is 10.7. The van der Waals surface area contributed by atoms with Gasteiger partial charge in [-0.1, -0.05) is 32.1 Å². The molecule has 0 aromatic rings. The molecular weight excluding hydrogens is 196 g/mol. The summed E-state index contributed by atoms with van der Waals surface area (Å²) in [6.45, 7) is 6.39. The minimum Gasteiger partial charge on any atom is -0.315 e. The van der Waals surface area contributed by atoms with Gasteiger partial charge in [-0.25, -0.2) is 0 Å². The third-order valence-corrected chi connectivity index (χ3v) is 4.26. The van der Waals surface area contributed by atoms with E-state index >= 15 is 0 Å². The van der Waals surface area contributed by atoms with Gasteiger partial charge in [-0.05, 0) is 44.8 Å². The molecule has 0 spiro atoms. The van der Waals surface area contributed by atoms with Crippen LogP contribution in [0.25, 0.3) is 0 Å². The van der Waals surface area contributed by atoms with E-state index in [0.717, 1.165) is 5.92 Å². The molecular formula is C14H28N2. The minimum atomic E-state index is 1.04. The third kappa shape index (κ3) is 4.42. The Kier molecular flexibility index (Phi) is 5.64. The van der Waals surface area contributed by atoms with Crippen LogP contribution in [0.3, 0.4) is 0 Å². The van der Waals surface area contributed by atoms with Gasteiger partial charge in [-0.15, -0.1) is 0 Å². The highest BCUT2D eigenvalue weighted by atomic mass is 15.1. The molecule has 16 heavy (non-hydrogen) atoms. The van der Waals surface area contributed by atoms with Crippen molar-refractivity contribution >= 4 is 0 Å². The van der Waals surface area contributed by atoms with Crippen LogP contribution in [-0.2, 0) is 0 Å². The predicted octanol–water partition coefficient (Wildman–Crippen LogP) is 2.64. The minimum absolute atomic E-state index is 1.04. The van der Waals surface area contributed by atoms with Crippen molar-refractivity contribution in [2.45, 2.75) is 51.4 Å². The summed E-state index contributed by atoms with van der Waals surface area (Å²) in [4.78, 5) is 2.59. The summed E-state index contributed by atoms with van der Waals surface area (Å²) in [5, 5.41) is 3.62. The van der Waals surface area contributed by atoms with Crippen molar-refractivity contribution in [2.24, 2.45) is 5.92 Å². The molecule has 0 bridgehead atoms. The Bertz CT molecular complexity index is 170. The van der Waals surface area contributed by atoms with Gasteiger partial charge in [-0.3, -0.25) is 0 Å². The maximum absolute atomic E-state index is 3.62. The largest absolute Gasteiger partial charge is 0.315 e. The monoisotopic (exact) mass is 224 g/mol. The van der Waals surface area contributed by atoms with Crippen LogP contribution >= 0.6 is 0 Å². The van der Waals surface area contributed by atoms with Gasteiger partial charge < -0.3 is 10.2 Å². The quantitative estimate of drug-likeness (QED) is 0.698. The SMILES string of the molecule is C1CCC(CCNCCN2CCCC2)CC1. The van der Waals surface area contributed by atoms with Crippen molar-refractivity contribution in [3.05, 3.63) is 0 Å². The molecule has 2 fully saturated rings. The average Bonchev–Trinajstić information content (AvgIpc) is 2.83. The van der Waals surface area contributed by atoms with Crippen LogP contribution in [0.4, 0.5) is 0 Å². The molecule has 1 N–H and O–H groups in total. The Labute approximate surface area is 101 Å². The van der Waals surface area contributed by atoms with E-state index in [0.29, 0.717) is 0 Å². The number of nitrogens with zero attached hydrogens (tertiary/aromatic N) is 1. The molecule has 1 heterocycles. The van der Waals surface area contributed by atoms with E-state index in [1.54, 1.807) is 0 Å². The first-order valence-electron chi connectivity index (χ1n) is 7.38. The maximum atomic E-state index is 3.62. The van der Waals surface area contributed by atoms with Gasteiger partial charge in [0.25, 0.3) is 0 Å². The van der Waals surface area contributed by atoms with E-state index in [-0.39, 0.29) is 0 Å². The van der Waals surface area contributed by atoms with E-state index in [1.165, 1.54) is 84.1 Å². The molecule has 0 atom stereocenters. The second kappa shape index (κ2) is 7.29. The second-order valence-corrected chi connectivity index (χ2v) is 5.59. The fourth-order valence-corrected chi connectivity index (χ4v) is 3.15. The smallest absolute Gasteiger partial charge is 0.0107 e. The van der Waals surface area contributed by atoms with Gasteiger partial charge in [-0.2, -0.15) is 0 Å². The summed E-state index contributed by atoms with van der Waals surface area (Å²) in [5.41, 5.74) is 0. The molecule has 2 nitrogen and oxygen atoms in total. The van der Waals surface area contributed by atoms with Crippen molar-refractivity contribution < 1.29 is 0 Å². The number of hydrogen-bond acceptors (Lipinski definition) is 2. The summed E-state index contributed by atoms with van der Waals surface area (Å²) in [5.74, 6) is 1.04. The topological polar surface area (TPSA) is 15.3 Å². The Morgan fingerprint density at radius 1 is 0.875 bits per heavy atom. The lowest BCUT2D eigenvalue weighted by atomic mass is 9.87. The van der Waals surface area contributed by atoms with Crippen molar-refractivity contribution in [2.75, 3.05) is 32.7 Å². The lowest BCUT2D eigenvalue weighted by Crippen LogP contribution is -2.31. The maximum Gasteiger partial charge on any atom is 0.0107 e. The van der Waals surface area contributed by atoms with Crippen molar-refractivity contribution in [1.82, 2.24) is 10.2 Å². The highest BCUT2D eigenvalue weighted by Gasteiger charge is 2.13. The van der Waals surface area contributed by atoms with Gasteiger partial charge in [0.05, 0.1) is 0 Å². The highest BCUT2D eigenvalue weighted by Crippen LogP contribution is 2.25. The molecule has 2 rings (SSSR count). The van der Waals surface area contributed by atoms with Crippen LogP contribution in [0.1, 0.15) is 51.4 Å². The summed E-state index contributed by atoms with van der Waals surface area (Å²) < 4.78 is 0. The predicted molar refractivity (Wildman–Crippen MR) is 69.7 cm³/mol. The van der Waals surface area contributed by atoms with Crippen LogP contribution < -0.4 is 5.32 Å². The number of rotatable bonds is 6. The van der Waals surface area contributed by atoms with E-state index in [9.17, 15) is 0 Å². The van der Waals surface area contributed by atoms with Crippen molar-refractivity contribution in [3.63, 3.8) is 0 Å². The van der Waals surface area contributed by atoms with E-state index in [4.69, 9.17) is 0 Å². The molecule has 2 aliphatic rings. The zero-order valence-corrected chi connectivity index (χ0v) is 10.7. The first-order valence-corrected chi connectivity index (χ1v) is 7.38. The molecule has 0 aromatic carbocycles. The molecule has 1 saturated carbocycles. The van der Waals surface area contributed by atoms with Gasteiger partial charge in [0.2, 0.25) is 0 Å². The van der Waals surface area contributed by atoms with Crippen LogP contribution in [-0.4, -0.2) is 37.6 Å². The average molecular weight is 224 g/mol. The molecule has 1 aliphatic heterocycles. The second-order valence-electron chi connectivity index (χ2n) is 5.59. The van der Waals surface area contributed by atoms with Gasteiger partial charge in [0.1, 0.15) is 0 Å². The zero-order chi connectivity index (χ0) is 11.1.